The highest BCUT2D eigenvalue weighted by Gasteiger charge is 2.22. The Bertz CT molecular complexity index is 992. The molecule has 0 aliphatic carbocycles. The zero-order valence-corrected chi connectivity index (χ0v) is 18.4. The molecule has 6 nitrogen and oxygen atoms in total. The molecule has 0 aliphatic rings. The van der Waals surface area contributed by atoms with Gasteiger partial charge < -0.3 is 5.32 Å². The molecule has 2 aromatic carbocycles. The third-order valence-corrected chi connectivity index (χ3v) is 6.66. The molecule has 152 valence electrons. The van der Waals surface area contributed by atoms with E-state index >= 15 is 0 Å². The molecule has 0 fully saturated rings. The average Bonchev–Trinajstić information content (AvgIpc) is 2.63. The second-order valence-corrected chi connectivity index (χ2v) is 9.51. The zero-order valence-electron chi connectivity index (χ0n) is 16.1. The largest absolute Gasteiger partial charge is 0.325 e. The Morgan fingerprint density at radius 2 is 1.75 bits per heavy atom. The maximum Gasteiger partial charge on any atom is 0.240 e. The first-order chi connectivity index (χ1) is 13.0. The summed E-state index contributed by atoms with van der Waals surface area (Å²) in [5.41, 5.74) is 1.34. The van der Waals surface area contributed by atoms with Crippen molar-refractivity contribution in [3.05, 3.63) is 57.6 Å². The number of sulfonamides is 1. The van der Waals surface area contributed by atoms with Crippen molar-refractivity contribution >= 4 is 44.8 Å². The number of benzene rings is 2. The molecule has 28 heavy (non-hydrogen) atoms. The van der Waals surface area contributed by atoms with Crippen molar-refractivity contribution in [1.29, 1.82) is 0 Å². The first kappa shape index (κ1) is 22.6. The molecule has 0 aliphatic heterocycles. The van der Waals surface area contributed by atoms with E-state index in [-0.39, 0.29) is 17.3 Å². The molecule has 1 amide bonds. The fraction of sp³-hybridized carbons (Fsp3) is 0.316. The Balaban J connectivity index is 2.08. The van der Waals surface area contributed by atoms with Crippen molar-refractivity contribution in [3.8, 4) is 0 Å². The highest BCUT2D eigenvalue weighted by molar-refractivity contribution is 7.89. The SMILES string of the molecule is CNS(=O)(=O)c1cc(NC(=O)CNC(C)(C)c2ccc(Cl)c(Cl)c2)ccc1C. The third kappa shape index (κ3) is 5.46. The molecule has 2 aromatic rings. The van der Waals surface area contributed by atoms with Crippen LogP contribution in [0.15, 0.2) is 41.3 Å². The van der Waals surface area contributed by atoms with Crippen LogP contribution in [-0.4, -0.2) is 27.9 Å². The van der Waals surface area contributed by atoms with Crippen molar-refractivity contribution in [2.45, 2.75) is 31.2 Å². The van der Waals surface area contributed by atoms with Crippen LogP contribution in [0, 0.1) is 6.92 Å². The molecule has 0 heterocycles. The van der Waals surface area contributed by atoms with E-state index in [9.17, 15) is 13.2 Å². The number of amides is 1. The average molecular weight is 444 g/mol. The topological polar surface area (TPSA) is 87.3 Å². The molecule has 2 rings (SSSR count). The van der Waals surface area contributed by atoms with Crippen molar-refractivity contribution < 1.29 is 13.2 Å². The summed E-state index contributed by atoms with van der Waals surface area (Å²) in [5.74, 6) is -0.301. The van der Waals surface area contributed by atoms with Gasteiger partial charge in [-0.3, -0.25) is 10.1 Å². The molecular weight excluding hydrogens is 421 g/mol. The van der Waals surface area contributed by atoms with Crippen LogP contribution >= 0.6 is 23.2 Å². The normalized spacial score (nSPS) is 12.1. The number of anilines is 1. The van der Waals surface area contributed by atoms with E-state index in [1.54, 1.807) is 31.2 Å². The van der Waals surface area contributed by atoms with Gasteiger partial charge in [0.25, 0.3) is 0 Å². The Morgan fingerprint density at radius 3 is 2.36 bits per heavy atom. The summed E-state index contributed by atoms with van der Waals surface area (Å²) in [6.45, 7) is 5.55. The summed E-state index contributed by atoms with van der Waals surface area (Å²) in [6.07, 6.45) is 0. The molecule has 0 atom stereocenters. The van der Waals surface area contributed by atoms with Gasteiger partial charge in [-0.1, -0.05) is 35.3 Å². The number of carbonyl (C=O) groups excluding carboxylic acids is 1. The number of hydrogen-bond donors (Lipinski definition) is 3. The van der Waals surface area contributed by atoms with Crippen LogP contribution in [0.2, 0.25) is 10.0 Å². The highest BCUT2D eigenvalue weighted by Crippen LogP contribution is 2.28. The van der Waals surface area contributed by atoms with E-state index in [4.69, 9.17) is 23.2 Å². The van der Waals surface area contributed by atoms with Crippen molar-refractivity contribution in [2.75, 3.05) is 18.9 Å². The van der Waals surface area contributed by atoms with E-state index in [0.29, 0.717) is 21.3 Å². The minimum absolute atomic E-state index is 0.0230. The second-order valence-electron chi connectivity index (χ2n) is 6.84. The summed E-state index contributed by atoms with van der Waals surface area (Å²) in [6, 6.07) is 10.0. The monoisotopic (exact) mass is 443 g/mol. The van der Waals surface area contributed by atoms with Crippen molar-refractivity contribution in [3.63, 3.8) is 0 Å². The van der Waals surface area contributed by atoms with Gasteiger partial charge in [0.2, 0.25) is 15.9 Å². The number of carbonyl (C=O) groups is 1. The smallest absolute Gasteiger partial charge is 0.240 e. The van der Waals surface area contributed by atoms with E-state index < -0.39 is 15.6 Å². The first-order valence-corrected chi connectivity index (χ1v) is 10.7. The molecule has 9 heteroatoms. The molecular formula is C19H23Cl2N3O3S. The predicted molar refractivity (Wildman–Crippen MR) is 114 cm³/mol. The molecule has 0 saturated heterocycles. The Labute approximate surface area is 175 Å². The number of aryl methyl sites for hydroxylation is 1. The van der Waals surface area contributed by atoms with Gasteiger partial charge >= 0.3 is 0 Å². The number of nitrogens with one attached hydrogen (secondary N) is 3. The van der Waals surface area contributed by atoms with Gasteiger partial charge in [0.05, 0.1) is 21.5 Å². The lowest BCUT2D eigenvalue weighted by Crippen LogP contribution is -2.41. The molecule has 0 spiro atoms. The van der Waals surface area contributed by atoms with Gasteiger partial charge in [-0.15, -0.1) is 0 Å². The molecule has 0 radical (unpaired) electrons. The molecule has 0 bridgehead atoms. The molecule has 0 aromatic heterocycles. The minimum Gasteiger partial charge on any atom is -0.325 e. The maximum absolute atomic E-state index is 12.3. The van der Waals surface area contributed by atoms with E-state index in [2.05, 4.69) is 15.4 Å². The van der Waals surface area contributed by atoms with E-state index in [1.165, 1.54) is 13.1 Å². The van der Waals surface area contributed by atoms with Gasteiger partial charge in [0, 0.05) is 11.2 Å². The highest BCUT2D eigenvalue weighted by atomic mass is 35.5. The Hall–Kier alpha value is -1.64. The summed E-state index contributed by atoms with van der Waals surface area (Å²) in [7, 11) is -2.26. The third-order valence-electron chi connectivity index (χ3n) is 4.36. The van der Waals surface area contributed by atoms with Gasteiger partial charge in [0.15, 0.2) is 0 Å². The summed E-state index contributed by atoms with van der Waals surface area (Å²) >= 11 is 12.0. The van der Waals surface area contributed by atoms with Gasteiger partial charge in [-0.25, -0.2) is 13.1 Å². The van der Waals surface area contributed by atoms with Crippen LogP contribution in [0.5, 0.6) is 0 Å². The number of halogens is 2. The van der Waals surface area contributed by atoms with Crippen LogP contribution in [0.3, 0.4) is 0 Å². The zero-order chi connectivity index (χ0) is 21.1. The van der Waals surface area contributed by atoms with Crippen LogP contribution in [0.25, 0.3) is 0 Å². The fourth-order valence-electron chi connectivity index (χ4n) is 2.57. The Morgan fingerprint density at radius 1 is 1.07 bits per heavy atom. The van der Waals surface area contributed by atoms with Crippen molar-refractivity contribution in [1.82, 2.24) is 10.0 Å². The van der Waals surface area contributed by atoms with Crippen molar-refractivity contribution in [2.24, 2.45) is 0 Å². The van der Waals surface area contributed by atoms with Crippen LogP contribution in [-0.2, 0) is 20.4 Å². The lowest BCUT2D eigenvalue weighted by Gasteiger charge is -2.27. The lowest BCUT2D eigenvalue weighted by atomic mass is 9.94. The standard InChI is InChI=1S/C19H23Cl2N3O3S/c1-12-5-7-14(10-17(12)28(26,27)22-4)24-18(25)11-23-19(2,3)13-6-8-15(20)16(21)9-13/h5-10,22-23H,11H2,1-4H3,(H,24,25). The minimum atomic E-state index is -3.61. The number of rotatable bonds is 7. The van der Waals surface area contributed by atoms with Gasteiger partial charge in [-0.05, 0) is 63.2 Å². The van der Waals surface area contributed by atoms with Crippen LogP contribution in [0.4, 0.5) is 5.69 Å². The summed E-state index contributed by atoms with van der Waals surface area (Å²) in [5, 5.41) is 6.78. The summed E-state index contributed by atoms with van der Waals surface area (Å²) in [4.78, 5) is 12.5. The Kier molecular flexibility index (Phi) is 7.12. The van der Waals surface area contributed by atoms with E-state index in [0.717, 1.165) is 5.56 Å². The maximum atomic E-state index is 12.3. The van der Waals surface area contributed by atoms with E-state index in [1.807, 2.05) is 19.9 Å². The number of hydrogen-bond acceptors (Lipinski definition) is 4. The molecule has 0 unspecified atom stereocenters. The van der Waals surface area contributed by atoms with Gasteiger partial charge in [-0.2, -0.15) is 0 Å². The van der Waals surface area contributed by atoms with Crippen LogP contribution in [0.1, 0.15) is 25.0 Å². The lowest BCUT2D eigenvalue weighted by molar-refractivity contribution is -0.115. The molecule has 0 saturated carbocycles. The summed E-state index contributed by atoms with van der Waals surface area (Å²) < 4.78 is 26.4. The quantitative estimate of drug-likeness (QED) is 0.608. The van der Waals surface area contributed by atoms with Crippen LogP contribution < -0.4 is 15.4 Å². The molecule has 3 N–H and O–H groups in total. The van der Waals surface area contributed by atoms with Gasteiger partial charge in [0.1, 0.15) is 0 Å². The second kappa shape index (κ2) is 8.80. The predicted octanol–water partition coefficient (Wildman–Crippen LogP) is 3.67. The fourth-order valence-corrected chi connectivity index (χ4v) is 3.86. The first-order valence-electron chi connectivity index (χ1n) is 8.51.